The standard InChI is InChI=1S/C7H5N3O3.C6H7N3O2/c11-7-8-4-2-1-3-5(10(12)13)6(4)9-7;7-4-2-1-3-5(6(4)8)9(10)11/h1-3H,(H2,8,9,11);1-3H,7-8H2. The largest absolute Gasteiger partial charge is 0.397 e. The summed E-state index contributed by atoms with van der Waals surface area (Å²) in [6.45, 7) is 0. The first-order chi connectivity index (χ1) is 11.3. The van der Waals surface area contributed by atoms with Crippen LogP contribution in [-0.2, 0) is 0 Å². The quantitative estimate of drug-likeness (QED) is 0.311. The van der Waals surface area contributed by atoms with Crippen molar-refractivity contribution in [2.24, 2.45) is 0 Å². The molecule has 0 spiro atoms. The minimum absolute atomic E-state index is 0.0255. The Morgan fingerprint density at radius 1 is 0.875 bits per heavy atom. The molecule has 0 atom stereocenters. The third kappa shape index (κ3) is 3.30. The number of nitro benzene ring substituents is 2. The van der Waals surface area contributed by atoms with Crippen molar-refractivity contribution >= 4 is 33.8 Å². The smallest absolute Gasteiger partial charge is 0.324 e. The normalized spacial score (nSPS) is 10.0. The predicted molar refractivity (Wildman–Crippen MR) is 87.5 cm³/mol. The number of anilines is 2. The Hall–Kier alpha value is -3.89. The molecule has 11 nitrogen and oxygen atoms in total. The number of aromatic amines is 2. The lowest BCUT2D eigenvalue weighted by molar-refractivity contribution is -0.383. The molecule has 0 unspecified atom stereocenters. The van der Waals surface area contributed by atoms with Crippen LogP contribution in [0.1, 0.15) is 0 Å². The fraction of sp³-hybridized carbons (Fsp3) is 0. The van der Waals surface area contributed by atoms with Crippen LogP contribution in [0.15, 0.2) is 41.2 Å². The minimum atomic E-state index is -0.564. The molecule has 124 valence electrons. The van der Waals surface area contributed by atoms with Crippen molar-refractivity contribution in [1.82, 2.24) is 9.97 Å². The van der Waals surface area contributed by atoms with E-state index in [1.165, 1.54) is 30.3 Å². The molecule has 2 aromatic carbocycles. The first-order valence-electron chi connectivity index (χ1n) is 6.45. The highest BCUT2D eigenvalue weighted by molar-refractivity contribution is 5.83. The molecule has 0 saturated heterocycles. The average Bonchev–Trinajstić information content (AvgIpc) is 2.90. The monoisotopic (exact) mass is 332 g/mol. The van der Waals surface area contributed by atoms with Gasteiger partial charge in [0.05, 0.1) is 21.1 Å². The minimum Gasteiger partial charge on any atom is -0.397 e. The second-order valence-corrected chi connectivity index (χ2v) is 4.57. The number of para-hydroxylation sites is 2. The Labute approximate surface area is 133 Å². The number of imidazole rings is 1. The molecular weight excluding hydrogens is 320 g/mol. The van der Waals surface area contributed by atoms with Crippen molar-refractivity contribution in [3.63, 3.8) is 0 Å². The molecule has 0 aliphatic heterocycles. The number of aromatic nitrogens is 2. The fourth-order valence-corrected chi connectivity index (χ4v) is 1.92. The van der Waals surface area contributed by atoms with Gasteiger partial charge in [0, 0.05) is 12.1 Å². The Morgan fingerprint density at radius 3 is 2.04 bits per heavy atom. The van der Waals surface area contributed by atoms with Gasteiger partial charge in [-0.25, -0.2) is 4.79 Å². The van der Waals surface area contributed by atoms with Crippen LogP contribution >= 0.6 is 0 Å². The zero-order valence-corrected chi connectivity index (χ0v) is 12.1. The van der Waals surface area contributed by atoms with E-state index in [2.05, 4.69) is 9.97 Å². The van der Waals surface area contributed by atoms with Gasteiger partial charge in [-0.3, -0.25) is 20.2 Å². The van der Waals surface area contributed by atoms with E-state index in [1.807, 2.05) is 0 Å². The molecule has 1 heterocycles. The van der Waals surface area contributed by atoms with Crippen LogP contribution in [0.25, 0.3) is 11.0 Å². The molecule has 0 amide bonds. The van der Waals surface area contributed by atoms with E-state index in [9.17, 15) is 25.0 Å². The van der Waals surface area contributed by atoms with E-state index in [0.717, 1.165) is 0 Å². The van der Waals surface area contributed by atoms with E-state index in [4.69, 9.17) is 11.5 Å². The average molecular weight is 332 g/mol. The zero-order chi connectivity index (χ0) is 17.9. The summed E-state index contributed by atoms with van der Waals surface area (Å²) in [5.74, 6) is 0. The van der Waals surface area contributed by atoms with Gasteiger partial charge >= 0.3 is 5.69 Å². The highest BCUT2D eigenvalue weighted by Gasteiger charge is 2.13. The van der Waals surface area contributed by atoms with Gasteiger partial charge in [0.1, 0.15) is 11.2 Å². The number of nitrogens with zero attached hydrogens (tertiary/aromatic N) is 2. The summed E-state index contributed by atoms with van der Waals surface area (Å²) < 4.78 is 0. The van der Waals surface area contributed by atoms with Gasteiger partial charge in [0.2, 0.25) is 0 Å². The zero-order valence-electron chi connectivity index (χ0n) is 12.1. The van der Waals surface area contributed by atoms with Gasteiger partial charge in [-0.1, -0.05) is 12.1 Å². The maximum atomic E-state index is 10.8. The van der Waals surface area contributed by atoms with Crippen LogP contribution in [-0.4, -0.2) is 19.8 Å². The van der Waals surface area contributed by atoms with Gasteiger partial charge in [0.15, 0.2) is 0 Å². The summed E-state index contributed by atoms with van der Waals surface area (Å²) >= 11 is 0. The Balaban J connectivity index is 0.000000177. The SMILES string of the molecule is Nc1cccc([N+](=O)[O-])c1N.O=c1[nH]c2cccc([N+](=O)[O-])c2[nH]1. The fourth-order valence-electron chi connectivity index (χ4n) is 1.92. The first kappa shape index (κ1) is 16.5. The summed E-state index contributed by atoms with van der Waals surface area (Å²) in [6.07, 6.45) is 0. The Bertz CT molecular complexity index is 976. The van der Waals surface area contributed by atoms with Crippen LogP contribution in [0.2, 0.25) is 0 Å². The molecule has 0 saturated carbocycles. The molecule has 0 radical (unpaired) electrons. The van der Waals surface area contributed by atoms with Crippen molar-refractivity contribution in [2.45, 2.75) is 0 Å². The van der Waals surface area contributed by atoms with Crippen molar-refractivity contribution in [3.8, 4) is 0 Å². The summed E-state index contributed by atoms with van der Waals surface area (Å²) in [5.41, 5.74) is 10.9. The number of non-ortho nitro benzene ring substituents is 1. The van der Waals surface area contributed by atoms with Crippen molar-refractivity contribution in [2.75, 3.05) is 11.5 Å². The van der Waals surface area contributed by atoms with Crippen molar-refractivity contribution < 1.29 is 9.85 Å². The molecule has 6 N–H and O–H groups in total. The molecule has 0 aliphatic carbocycles. The number of benzene rings is 2. The lowest BCUT2D eigenvalue weighted by atomic mass is 10.2. The molecule has 1 aromatic heterocycles. The predicted octanol–water partition coefficient (Wildman–Crippen LogP) is 1.52. The van der Waals surface area contributed by atoms with E-state index in [0.29, 0.717) is 5.52 Å². The maximum absolute atomic E-state index is 10.8. The van der Waals surface area contributed by atoms with Crippen LogP contribution in [0.4, 0.5) is 22.7 Å². The van der Waals surface area contributed by atoms with Gasteiger partial charge in [0.25, 0.3) is 11.4 Å². The number of hydrogen-bond acceptors (Lipinski definition) is 7. The van der Waals surface area contributed by atoms with Crippen LogP contribution in [0.3, 0.4) is 0 Å². The number of H-pyrrole nitrogens is 2. The van der Waals surface area contributed by atoms with Crippen molar-refractivity contribution in [1.29, 1.82) is 0 Å². The van der Waals surface area contributed by atoms with Crippen LogP contribution in [0, 0.1) is 20.2 Å². The van der Waals surface area contributed by atoms with Gasteiger partial charge < -0.3 is 21.4 Å². The molecule has 0 aliphatic rings. The number of nitrogens with one attached hydrogen (secondary N) is 2. The summed E-state index contributed by atoms with van der Waals surface area (Å²) in [5, 5.41) is 20.7. The highest BCUT2D eigenvalue weighted by Crippen LogP contribution is 2.25. The summed E-state index contributed by atoms with van der Waals surface area (Å²) in [6, 6.07) is 8.77. The molecule has 3 rings (SSSR count). The number of hydrogen-bond donors (Lipinski definition) is 4. The third-order valence-electron chi connectivity index (χ3n) is 3.04. The number of nitrogen functional groups attached to an aromatic ring is 2. The van der Waals surface area contributed by atoms with Gasteiger partial charge in [-0.2, -0.15) is 0 Å². The van der Waals surface area contributed by atoms with Crippen LogP contribution in [0.5, 0.6) is 0 Å². The van der Waals surface area contributed by atoms with E-state index >= 15 is 0 Å². The molecule has 24 heavy (non-hydrogen) atoms. The second kappa shape index (κ2) is 6.48. The second-order valence-electron chi connectivity index (χ2n) is 4.57. The molecule has 11 heteroatoms. The summed E-state index contributed by atoms with van der Waals surface area (Å²) in [7, 11) is 0. The summed E-state index contributed by atoms with van der Waals surface area (Å²) in [4.78, 5) is 35.3. The Morgan fingerprint density at radius 2 is 1.46 bits per heavy atom. The van der Waals surface area contributed by atoms with E-state index in [-0.39, 0.29) is 28.3 Å². The number of nitro groups is 2. The Kier molecular flexibility index (Phi) is 4.45. The highest BCUT2D eigenvalue weighted by atomic mass is 16.6. The number of nitrogens with two attached hydrogens (primary N) is 2. The van der Waals surface area contributed by atoms with Gasteiger partial charge in [-0.15, -0.1) is 0 Å². The topological polar surface area (TPSA) is 187 Å². The molecule has 0 bridgehead atoms. The van der Waals surface area contributed by atoms with Gasteiger partial charge in [-0.05, 0) is 12.1 Å². The molecule has 3 aromatic rings. The lowest BCUT2D eigenvalue weighted by Crippen LogP contribution is -1.99. The number of rotatable bonds is 2. The number of fused-ring (bicyclic) bond motifs is 1. The molecule has 0 fully saturated rings. The van der Waals surface area contributed by atoms with Crippen LogP contribution < -0.4 is 17.2 Å². The molecular formula is C13H12N6O5. The van der Waals surface area contributed by atoms with E-state index < -0.39 is 15.5 Å². The lowest BCUT2D eigenvalue weighted by Gasteiger charge is -1.98. The van der Waals surface area contributed by atoms with E-state index in [1.54, 1.807) is 6.07 Å². The third-order valence-corrected chi connectivity index (χ3v) is 3.04. The van der Waals surface area contributed by atoms with Crippen molar-refractivity contribution in [3.05, 3.63) is 67.1 Å². The first-order valence-corrected chi connectivity index (χ1v) is 6.45. The maximum Gasteiger partial charge on any atom is 0.324 e.